The van der Waals surface area contributed by atoms with Crippen LogP contribution in [0.25, 0.3) is 55.1 Å². The molecule has 2 heteroatoms. The molecule has 146 valence electrons. The quantitative estimate of drug-likeness (QED) is 0.331. The van der Waals surface area contributed by atoms with Gasteiger partial charge in [0.05, 0.1) is 5.69 Å². The van der Waals surface area contributed by atoms with Crippen LogP contribution in [0.5, 0.6) is 0 Å². The summed E-state index contributed by atoms with van der Waals surface area (Å²) in [6.45, 7) is 0. The van der Waals surface area contributed by atoms with Gasteiger partial charge in [0.15, 0.2) is 0 Å². The van der Waals surface area contributed by atoms with E-state index in [-0.39, 0.29) is 5.56 Å². The van der Waals surface area contributed by atoms with Crippen LogP contribution in [0.1, 0.15) is 0 Å². The van der Waals surface area contributed by atoms with Crippen LogP contribution in [-0.4, -0.2) is 4.98 Å². The molecular formula is C29H19NO. The first-order chi connectivity index (χ1) is 15.3. The van der Waals surface area contributed by atoms with Crippen LogP contribution in [0.4, 0.5) is 0 Å². The third-order valence-corrected chi connectivity index (χ3v) is 6.02. The van der Waals surface area contributed by atoms with E-state index in [9.17, 15) is 4.79 Å². The summed E-state index contributed by atoms with van der Waals surface area (Å²) in [5, 5.41) is 4.00. The SMILES string of the molecule is O=c1[nH]c(-c2ccccc2)c2c3ccccc3c(-c3ccccc3)c-2c2ccccc12. The fourth-order valence-electron chi connectivity index (χ4n) is 4.71. The van der Waals surface area contributed by atoms with Crippen molar-refractivity contribution in [3.05, 3.63) is 120 Å². The molecule has 0 aromatic heterocycles. The Morgan fingerprint density at radius 3 is 1.48 bits per heavy atom. The highest BCUT2D eigenvalue weighted by Crippen LogP contribution is 2.49. The van der Waals surface area contributed by atoms with Gasteiger partial charge in [-0.3, -0.25) is 4.79 Å². The summed E-state index contributed by atoms with van der Waals surface area (Å²) in [6, 6.07) is 37.0. The van der Waals surface area contributed by atoms with Crippen molar-refractivity contribution in [1.29, 1.82) is 0 Å². The number of aromatic nitrogens is 1. The van der Waals surface area contributed by atoms with E-state index in [1.54, 1.807) is 0 Å². The molecular weight excluding hydrogens is 378 g/mol. The normalized spacial score (nSPS) is 11.4. The molecule has 1 aliphatic heterocycles. The largest absolute Gasteiger partial charge is 0.321 e. The average Bonchev–Trinajstić information content (AvgIpc) is 3.12. The fourth-order valence-corrected chi connectivity index (χ4v) is 4.71. The number of rotatable bonds is 2. The molecule has 1 heterocycles. The van der Waals surface area contributed by atoms with Gasteiger partial charge in [-0.1, -0.05) is 103 Å². The second-order valence-corrected chi connectivity index (χ2v) is 7.78. The van der Waals surface area contributed by atoms with E-state index in [4.69, 9.17) is 0 Å². The number of fused-ring (bicyclic) bond motifs is 5. The maximum atomic E-state index is 13.3. The van der Waals surface area contributed by atoms with E-state index in [0.717, 1.165) is 38.7 Å². The predicted molar refractivity (Wildman–Crippen MR) is 130 cm³/mol. The minimum atomic E-state index is -0.0752. The number of aromatic amines is 1. The minimum absolute atomic E-state index is 0.0752. The number of hydrogen-bond donors (Lipinski definition) is 1. The minimum Gasteiger partial charge on any atom is -0.321 e. The van der Waals surface area contributed by atoms with Crippen molar-refractivity contribution >= 4 is 21.5 Å². The van der Waals surface area contributed by atoms with E-state index in [1.165, 1.54) is 10.9 Å². The zero-order valence-electron chi connectivity index (χ0n) is 16.8. The fraction of sp³-hybridized carbons (Fsp3) is 0. The topological polar surface area (TPSA) is 32.9 Å². The van der Waals surface area contributed by atoms with Crippen LogP contribution in [-0.2, 0) is 0 Å². The second-order valence-electron chi connectivity index (χ2n) is 7.78. The van der Waals surface area contributed by atoms with Crippen LogP contribution < -0.4 is 5.56 Å². The van der Waals surface area contributed by atoms with Crippen LogP contribution in [0.15, 0.2) is 114 Å². The molecule has 1 aliphatic carbocycles. The monoisotopic (exact) mass is 397 g/mol. The molecule has 4 aromatic rings. The molecule has 0 bridgehead atoms. The first kappa shape index (κ1) is 17.7. The van der Waals surface area contributed by atoms with Gasteiger partial charge in [-0.05, 0) is 38.9 Å². The molecule has 6 rings (SSSR count). The van der Waals surface area contributed by atoms with Crippen LogP contribution >= 0.6 is 0 Å². The number of benzene rings is 4. The van der Waals surface area contributed by atoms with E-state index in [1.807, 2.05) is 42.5 Å². The Kier molecular flexibility index (Phi) is 3.97. The summed E-state index contributed by atoms with van der Waals surface area (Å²) >= 11 is 0. The van der Waals surface area contributed by atoms with Crippen LogP contribution in [0, 0.1) is 0 Å². The Balaban J connectivity index is 1.93. The van der Waals surface area contributed by atoms with Crippen molar-refractivity contribution in [2.75, 3.05) is 0 Å². The highest BCUT2D eigenvalue weighted by atomic mass is 16.1. The summed E-state index contributed by atoms with van der Waals surface area (Å²) in [5.74, 6) is 0. The van der Waals surface area contributed by atoms with Crippen molar-refractivity contribution < 1.29 is 0 Å². The van der Waals surface area contributed by atoms with Gasteiger partial charge in [0, 0.05) is 16.5 Å². The molecule has 0 amide bonds. The average molecular weight is 397 g/mol. The molecule has 4 aromatic carbocycles. The third kappa shape index (κ3) is 2.69. The zero-order valence-corrected chi connectivity index (χ0v) is 16.8. The Bertz CT molecular complexity index is 1580. The molecule has 31 heavy (non-hydrogen) atoms. The Labute approximate surface area is 179 Å². The van der Waals surface area contributed by atoms with Crippen LogP contribution in [0.3, 0.4) is 0 Å². The Morgan fingerprint density at radius 2 is 0.871 bits per heavy atom. The van der Waals surface area contributed by atoms with Gasteiger partial charge in [-0.25, -0.2) is 0 Å². The lowest BCUT2D eigenvalue weighted by molar-refractivity contribution is 1.30. The first-order valence-corrected chi connectivity index (χ1v) is 10.4. The van der Waals surface area contributed by atoms with Crippen molar-refractivity contribution in [3.63, 3.8) is 0 Å². The van der Waals surface area contributed by atoms with Crippen molar-refractivity contribution in [2.24, 2.45) is 0 Å². The lowest BCUT2D eigenvalue weighted by atomic mass is 9.94. The summed E-state index contributed by atoms with van der Waals surface area (Å²) in [6.07, 6.45) is 0. The number of H-pyrrole nitrogens is 1. The third-order valence-electron chi connectivity index (χ3n) is 6.02. The molecule has 0 spiro atoms. The molecule has 2 aliphatic rings. The van der Waals surface area contributed by atoms with Gasteiger partial charge in [-0.15, -0.1) is 0 Å². The highest BCUT2D eigenvalue weighted by molar-refractivity contribution is 6.23. The summed E-state index contributed by atoms with van der Waals surface area (Å²) < 4.78 is 0. The van der Waals surface area contributed by atoms with Gasteiger partial charge in [-0.2, -0.15) is 0 Å². The number of nitrogens with one attached hydrogen (secondary N) is 1. The maximum Gasteiger partial charge on any atom is 0.256 e. The molecule has 0 atom stereocenters. The van der Waals surface area contributed by atoms with Crippen LogP contribution in [0.2, 0.25) is 0 Å². The number of hydrogen-bond acceptors (Lipinski definition) is 1. The van der Waals surface area contributed by atoms with E-state index >= 15 is 0 Å². The van der Waals surface area contributed by atoms with Crippen molar-refractivity contribution in [2.45, 2.75) is 0 Å². The molecule has 0 saturated carbocycles. The van der Waals surface area contributed by atoms with Crippen molar-refractivity contribution in [3.8, 4) is 33.5 Å². The molecule has 1 N–H and O–H groups in total. The summed E-state index contributed by atoms with van der Waals surface area (Å²) in [5.41, 5.74) is 6.29. The highest BCUT2D eigenvalue weighted by Gasteiger charge is 2.24. The zero-order chi connectivity index (χ0) is 20.8. The summed E-state index contributed by atoms with van der Waals surface area (Å²) in [4.78, 5) is 16.5. The molecule has 0 unspecified atom stereocenters. The van der Waals surface area contributed by atoms with E-state index in [2.05, 4.69) is 71.7 Å². The maximum absolute atomic E-state index is 13.3. The standard InChI is InChI=1S/C29H19NO/c31-29-24-18-10-9-17-23(24)26-25(19-11-3-1-4-12-19)21-15-7-8-16-22(21)27(26)28(30-29)20-13-5-2-6-14-20/h1-18H,(H,30,31). The van der Waals surface area contributed by atoms with Gasteiger partial charge in [0.1, 0.15) is 0 Å². The Morgan fingerprint density at radius 1 is 0.419 bits per heavy atom. The molecule has 0 saturated heterocycles. The second kappa shape index (κ2) is 6.96. The van der Waals surface area contributed by atoms with E-state index in [0.29, 0.717) is 5.39 Å². The van der Waals surface area contributed by atoms with Gasteiger partial charge in [0.2, 0.25) is 0 Å². The predicted octanol–water partition coefficient (Wildman–Crippen LogP) is 7.12. The lowest BCUT2D eigenvalue weighted by Crippen LogP contribution is -2.03. The molecule has 0 fully saturated rings. The van der Waals surface area contributed by atoms with Gasteiger partial charge in [0.25, 0.3) is 5.56 Å². The van der Waals surface area contributed by atoms with Gasteiger partial charge < -0.3 is 4.98 Å². The van der Waals surface area contributed by atoms with Crippen molar-refractivity contribution in [1.82, 2.24) is 4.98 Å². The van der Waals surface area contributed by atoms with E-state index < -0.39 is 0 Å². The Hall–Kier alpha value is -4.17. The lowest BCUT2D eigenvalue weighted by Gasteiger charge is -2.09. The summed E-state index contributed by atoms with van der Waals surface area (Å²) in [7, 11) is 0. The molecule has 0 radical (unpaired) electrons. The van der Waals surface area contributed by atoms with Gasteiger partial charge >= 0.3 is 0 Å². The first-order valence-electron chi connectivity index (χ1n) is 10.4. The molecule has 2 nitrogen and oxygen atoms in total. The smallest absolute Gasteiger partial charge is 0.256 e.